The van der Waals surface area contributed by atoms with Crippen molar-refractivity contribution in [3.8, 4) is 22.3 Å². The SMILES string of the molecule is c1ccc(N(c2ccccc2-c2cc3ccccc3c3ccccc23)c2cccc3c2-c2ccccc2C3(c2ccccc2)c2ccccc2)cc1. The van der Waals surface area contributed by atoms with Gasteiger partial charge in [-0.3, -0.25) is 0 Å². The van der Waals surface area contributed by atoms with E-state index in [0.717, 1.165) is 17.1 Å². The van der Waals surface area contributed by atoms with Gasteiger partial charge in [-0.05, 0) is 85.3 Å². The summed E-state index contributed by atoms with van der Waals surface area (Å²) in [5, 5.41) is 5.02. The van der Waals surface area contributed by atoms with E-state index >= 15 is 0 Å². The average Bonchev–Trinajstić information content (AvgIpc) is 3.54. The summed E-state index contributed by atoms with van der Waals surface area (Å²) in [7, 11) is 0. The fourth-order valence-electron chi connectivity index (χ4n) is 8.82. The number of fused-ring (bicyclic) bond motifs is 6. The van der Waals surface area contributed by atoms with Gasteiger partial charge in [-0.25, -0.2) is 0 Å². The molecule has 1 aliphatic rings. The zero-order chi connectivity index (χ0) is 34.5. The van der Waals surface area contributed by atoms with Gasteiger partial charge in [0.15, 0.2) is 0 Å². The van der Waals surface area contributed by atoms with Gasteiger partial charge in [-0.1, -0.05) is 182 Å². The van der Waals surface area contributed by atoms with Crippen LogP contribution in [0.2, 0.25) is 0 Å². The highest BCUT2D eigenvalue weighted by Crippen LogP contribution is 2.59. The molecule has 0 saturated carbocycles. The van der Waals surface area contributed by atoms with Crippen molar-refractivity contribution < 1.29 is 0 Å². The Bertz CT molecular complexity index is 2690. The molecule has 1 heteroatoms. The monoisotopic (exact) mass is 661 g/mol. The molecule has 0 N–H and O–H groups in total. The molecule has 9 aromatic rings. The molecule has 0 unspecified atom stereocenters. The maximum atomic E-state index is 2.49. The molecule has 0 amide bonds. The van der Waals surface area contributed by atoms with E-state index in [1.807, 2.05) is 0 Å². The topological polar surface area (TPSA) is 3.24 Å². The second kappa shape index (κ2) is 12.3. The number of hydrogen-bond donors (Lipinski definition) is 0. The van der Waals surface area contributed by atoms with Gasteiger partial charge in [-0.2, -0.15) is 0 Å². The summed E-state index contributed by atoms with van der Waals surface area (Å²) >= 11 is 0. The third-order valence-electron chi connectivity index (χ3n) is 10.9. The first-order valence-electron chi connectivity index (χ1n) is 18.0. The number of hydrogen-bond acceptors (Lipinski definition) is 1. The summed E-state index contributed by atoms with van der Waals surface area (Å²) in [6.07, 6.45) is 0. The van der Waals surface area contributed by atoms with Crippen LogP contribution in [-0.4, -0.2) is 0 Å². The second-order valence-electron chi connectivity index (χ2n) is 13.6. The van der Waals surface area contributed by atoms with E-state index in [0.29, 0.717) is 0 Å². The van der Waals surface area contributed by atoms with Crippen LogP contribution in [0.1, 0.15) is 22.3 Å². The Morgan fingerprint density at radius 1 is 0.327 bits per heavy atom. The van der Waals surface area contributed by atoms with Crippen molar-refractivity contribution >= 4 is 38.6 Å². The molecule has 10 rings (SSSR count). The Hall–Kier alpha value is -6.70. The Morgan fingerprint density at radius 2 is 0.846 bits per heavy atom. The molecular weight excluding hydrogens is 627 g/mol. The molecule has 0 aromatic heterocycles. The second-order valence-corrected chi connectivity index (χ2v) is 13.6. The molecule has 0 spiro atoms. The van der Waals surface area contributed by atoms with Crippen LogP contribution in [0, 0.1) is 0 Å². The van der Waals surface area contributed by atoms with Crippen molar-refractivity contribution in [3.05, 3.63) is 235 Å². The fourth-order valence-corrected chi connectivity index (χ4v) is 8.82. The van der Waals surface area contributed by atoms with Crippen LogP contribution in [-0.2, 0) is 5.41 Å². The third kappa shape index (κ3) is 4.49. The molecule has 0 heterocycles. The summed E-state index contributed by atoms with van der Waals surface area (Å²) in [5.41, 5.74) is 13.0. The molecule has 1 aliphatic carbocycles. The minimum Gasteiger partial charge on any atom is -0.309 e. The smallest absolute Gasteiger partial charge is 0.0714 e. The van der Waals surface area contributed by atoms with Crippen molar-refractivity contribution in [2.75, 3.05) is 4.90 Å². The fraction of sp³-hybridized carbons (Fsp3) is 0.0196. The number of anilines is 3. The van der Waals surface area contributed by atoms with Crippen LogP contribution in [0.4, 0.5) is 17.1 Å². The molecule has 0 bridgehead atoms. The summed E-state index contributed by atoms with van der Waals surface area (Å²) in [5.74, 6) is 0. The summed E-state index contributed by atoms with van der Waals surface area (Å²) in [4.78, 5) is 2.49. The maximum absolute atomic E-state index is 2.49. The zero-order valence-electron chi connectivity index (χ0n) is 28.7. The lowest BCUT2D eigenvalue weighted by atomic mass is 9.68. The van der Waals surface area contributed by atoms with E-state index < -0.39 is 5.41 Å². The Morgan fingerprint density at radius 3 is 1.58 bits per heavy atom. The molecule has 1 nitrogen and oxygen atoms in total. The zero-order valence-corrected chi connectivity index (χ0v) is 28.7. The van der Waals surface area contributed by atoms with Crippen LogP contribution in [0.25, 0.3) is 43.8 Å². The van der Waals surface area contributed by atoms with E-state index in [4.69, 9.17) is 0 Å². The molecule has 0 fully saturated rings. The van der Waals surface area contributed by atoms with Gasteiger partial charge in [0.1, 0.15) is 0 Å². The van der Waals surface area contributed by atoms with Crippen molar-refractivity contribution in [3.63, 3.8) is 0 Å². The van der Waals surface area contributed by atoms with E-state index in [-0.39, 0.29) is 0 Å². The summed E-state index contributed by atoms with van der Waals surface area (Å²) in [6, 6.07) is 77.8. The average molecular weight is 662 g/mol. The highest BCUT2D eigenvalue weighted by Gasteiger charge is 2.47. The molecule has 9 aromatic carbocycles. The normalized spacial score (nSPS) is 12.8. The van der Waals surface area contributed by atoms with Crippen molar-refractivity contribution in [2.45, 2.75) is 5.41 Å². The Balaban J connectivity index is 1.30. The lowest BCUT2D eigenvalue weighted by Gasteiger charge is -2.34. The highest BCUT2D eigenvalue weighted by molar-refractivity contribution is 6.15. The van der Waals surface area contributed by atoms with Crippen molar-refractivity contribution in [1.29, 1.82) is 0 Å². The summed E-state index contributed by atoms with van der Waals surface area (Å²) in [6.45, 7) is 0. The highest BCUT2D eigenvalue weighted by atomic mass is 15.1. The first-order valence-corrected chi connectivity index (χ1v) is 18.0. The first-order chi connectivity index (χ1) is 25.8. The Labute approximate surface area is 304 Å². The molecular formula is C51H35N. The first kappa shape index (κ1) is 30.2. The van der Waals surface area contributed by atoms with Gasteiger partial charge in [0.25, 0.3) is 0 Å². The van der Waals surface area contributed by atoms with Crippen LogP contribution < -0.4 is 4.90 Å². The number of para-hydroxylation sites is 2. The minimum atomic E-state index is -0.485. The molecule has 0 aliphatic heterocycles. The molecule has 0 radical (unpaired) electrons. The van der Waals surface area contributed by atoms with Crippen LogP contribution in [0.3, 0.4) is 0 Å². The Kier molecular flexibility index (Phi) is 7.11. The molecule has 0 saturated heterocycles. The molecule has 0 atom stereocenters. The van der Waals surface area contributed by atoms with Gasteiger partial charge in [0.05, 0.1) is 16.8 Å². The molecule has 52 heavy (non-hydrogen) atoms. The minimum absolute atomic E-state index is 0.485. The van der Waals surface area contributed by atoms with Gasteiger partial charge in [-0.15, -0.1) is 0 Å². The quantitative estimate of drug-likeness (QED) is 0.160. The van der Waals surface area contributed by atoms with Crippen LogP contribution in [0.5, 0.6) is 0 Å². The van der Waals surface area contributed by atoms with Gasteiger partial charge >= 0.3 is 0 Å². The van der Waals surface area contributed by atoms with Crippen molar-refractivity contribution in [1.82, 2.24) is 0 Å². The van der Waals surface area contributed by atoms with Crippen LogP contribution >= 0.6 is 0 Å². The summed E-state index contributed by atoms with van der Waals surface area (Å²) < 4.78 is 0. The van der Waals surface area contributed by atoms with Gasteiger partial charge in [0.2, 0.25) is 0 Å². The van der Waals surface area contributed by atoms with Gasteiger partial charge in [0, 0.05) is 16.8 Å². The van der Waals surface area contributed by atoms with E-state index in [1.54, 1.807) is 0 Å². The van der Waals surface area contributed by atoms with Crippen molar-refractivity contribution in [2.24, 2.45) is 0 Å². The number of rotatable bonds is 6. The van der Waals surface area contributed by atoms with E-state index in [1.165, 1.54) is 66.1 Å². The molecule has 244 valence electrons. The standard InChI is InChI=1S/C51H35N/c1-4-20-37(21-5-1)51(38-22-6-2-7-23-38)46-31-16-14-30-44(46)50-47(51)32-18-34-49(50)52(39-24-8-3-9-25-39)48-33-17-15-29-43(48)45-35-36-19-10-11-26-40(36)41-27-12-13-28-42(41)45/h1-35H. The third-order valence-corrected chi connectivity index (χ3v) is 10.9. The van der Waals surface area contributed by atoms with E-state index in [9.17, 15) is 0 Å². The lowest BCUT2D eigenvalue weighted by molar-refractivity contribution is 0.768. The predicted octanol–water partition coefficient (Wildman–Crippen LogP) is 13.5. The van der Waals surface area contributed by atoms with Gasteiger partial charge < -0.3 is 4.90 Å². The maximum Gasteiger partial charge on any atom is 0.0714 e. The lowest BCUT2D eigenvalue weighted by Crippen LogP contribution is -2.28. The van der Waals surface area contributed by atoms with Crippen LogP contribution in [0.15, 0.2) is 212 Å². The van der Waals surface area contributed by atoms with E-state index in [2.05, 4.69) is 217 Å². The largest absolute Gasteiger partial charge is 0.309 e. The number of benzene rings is 9. The number of nitrogens with zero attached hydrogens (tertiary/aromatic N) is 1. The predicted molar refractivity (Wildman–Crippen MR) is 219 cm³/mol.